The average molecular weight is 406 g/mol. The summed E-state index contributed by atoms with van der Waals surface area (Å²) in [5.74, 6) is -1.69. The molecule has 3 rings (SSSR count). The van der Waals surface area contributed by atoms with E-state index in [9.17, 15) is 22.8 Å². The Morgan fingerprint density at radius 1 is 1.03 bits per heavy atom. The number of benzene rings is 2. The van der Waals surface area contributed by atoms with E-state index in [-0.39, 0.29) is 12.0 Å². The lowest BCUT2D eigenvalue weighted by atomic mass is 9.88. The zero-order valence-electron chi connectivity index (χ0n) is 15.2. The summed E-state index contributed by atoms with van der Waals surface area (Å²) < 4.78 is 52.1. The summed E-state index contributed by atoms with van der Waals surface area (Å²) in [7, 11) is 0.814. The van der Waals surface area contributed by atoms with Crippen molar-refractivity contribution in [2.75, 3.05) is 7.11 Å². The van der Waals surface area contributed by atoms with Gasteiger partial charge in [0.2, 0.25) is 0 Å². The normalized spacial score (nSPS) is 13.5. The standard InChI is InChI=1S/C20H17F3N2O4/c1-28-17(26)19(20(21,22)23,15-11-24-16-10-6-5-9-14(15)16)25-18(27)29-12-13-7-3-2-4-8-13/h2-11,24H,12H2,1H3,(H,25,27). The second-order valence-corrected chi connectivity index (χ2v) is 6.17. The molecule has 3 aromatic rings. The van der Waals surface area contributed by atoms with Crippen molar-refractivity contribution in [3.63, 3.8) is 0 Å². The largest absolute Gasteiger partial charge is 0.467 e. The van der Waals surface area contributed by atoms with E-state index < -0.39 is 29.3 Å². The molecule has 29 heavy (non-hydrogen) atoms. The topological polar surface area (TPSA) is 80.4 Å². The highest BCUT2D eigenvalue weighted by Crippen LogP contribution is 2.43. The molecule has 1 unspecified atom stereocenters. The minimum atomic E-state index is -5.21. The summed E-state index contributed by atoms with van der Waals surface area (Å²) in [6, 6.07) is 14.5. The number of alkyl halides is 3. The van der Waals surface area contributed by atoms with Gasteiger partial charge in [-0.25, -0.2) is 9.59 Å². The predicted molar refractivity (Wildman–Crippen MR) is 97.8 cm³/mol. The summed E-state index contributed by atoms with van der Waals surface area (Å²) in [5.41, 5.74) is -3.01. The highest BCUT2D eigenvalue weighted by atomic mass is 19.4. The van der Waals surface area contributed by atoms with Crippen molar-refractivity contribution < 1.29 is 32.2 Å². The number of fused-ring (bicyclic) bond motifs is 1. The number of carbonyl (C=O) groups is 2. The van der Waals surface area contributed by atoms with E-state index in [4.69, 9.17) is 4.74 Å². The number of esters is 1. The number of alkyl carbamates (subject to hydrolysis) is 1. The van der Waals surface area contributed by atoms with Gasteiger partial charge in [0.1, 0.15) is 6.61 Å². The number of methoxy groups -OCH3 is 1. The smallest absolute Gasteiger partial charge is 0.427 e. The maximum absolute atomic E-state index is 14.2. The molecule has 0 fully saturated rings. The maximum atomic E-state index is 14.2. The highest BCUT2D eigenvalue weighted by Gasteiger charge is 2.65. The molecule has 0 aliphatic rings. The fraction of sp³-hybridized carbons (Fsp3) is 0.200. The SMILES string of the molecule is COC(=O)C(NC(=O)OCc1ccccc1)(c1c[nH]c2ccccc12)C(F)(F)F. The lowest BCUT2D eigenvalue weighted by Crippen LogP contribution is -2.61. The van der Waals surface area contributed by atoms with E-state index in [0.29, 0.717) is 11.1 Å². The maximum Gasteiger partial charge on any atom is 0.427 e. The monoisotopic (exact) mass is 406 g/mol. The number of amides is 1. The van der Waals surface area contributed by atoms with E-state index in [1.165, 1.54) is 12.1 Å². The zero-order chi connectivity index (χ0) is 21.1. The Hall–Kier alpha value is -3.49. The third-order valence-corrected chi connectivity index (χ3v) is 4.41. The molecule has 2 aromatic carbocycles. The van der Waals surface area contributed by atoms with Crippen molar-refractivity contribution in [1.29, 1.82) is 0 Å². The molecule has 2 N–H and O–H groups in total. The number of carbonyl (C=O) groups excluding carboxylic acids is 2. The Morgan fingerprint density at radius 2 is 1.69 bits per heavy atom. The quantitative estimate of drug-likeness (QED) is 0.627. The number of ether oxygens (including phenoxy) is 2. The molecule has 0 saturated heterocycles. The molecule has 0 spiro atoms. The van der Waals surface area contributed by atoms with Crippen LogP contribution in [0.1, 0.15) is 11.1 Å². The molecule has 6 nitrogen and oxygen atoms in total. The molecule has 1 aromatic heterocycles. The zero-order valence-corrected chi connectivity index (χ0v) is 15.2. The number of rotatable bonds is 5. The molecule has 1 amide bonds. The first kappa shape index (κ1) is 20.2. The van der Waals surface area contributed by atoms with E-state index in [1.54, 1.807) is 47.8 Å². The predicted octanol–water partition coefficient (Wildman–Crippen LogP) is 4.02. The van der Waals surface area contributed by atoms with Gasteiger partial charge in [-0.15, -0.1) is 0 Å². The second kappa shape index (κ2) is 7.86. The summed E-state index contributed by atoms with van der Waals surface area (Å²) >= 11 is 0. The van der Waals surface area contributed by atoms with Gasteiger partial charge in [-0.1, -0.05) is 48.5 Å². The van der Waals surface area contributed by atoms with E-state index in [1.807, 2.05) is 0 Å². The van der Waals surface area contributed by atoms with Crippen molar-refractivity contribution in [2.24, 2.45) is 0 Å². The van der Waals surface area contributed by atoms with Crippen LogP contribution in [-0.2, 0) is 26.4 Å². The van der Waals surface area contributed by atoms with Crippen LogP contribution in [-0.4, -0.2) is 30.3 Å². The molecule has 0 radical (unpaired) electrons. The first-order valence-electron chi connectivity index (χ1n) is 8.50. The fourth-order valence-electron chi connectivity index (χ4n) is 3.01. The van der Waals surface area contributed by atoms with Crippen LogP contribution in [0.15, 0.2) is 60.8 Å². The van der Waals surface area contributed by atoms with Gasteiger partial charge in [0.05, 0.1) is 7.11 Å². The van der Waals surface area contributed by atoms with Crippen molar-refractivity contribution >= 4 is 23.0 Å². The third kappa shape index (κ3) is 3.75. The first-order chi connectivity index (χ1) is 13.8. The van der Waals surface area contributed by atoms with E-state index in [0.717, 1.165) is 13.3 Å². The molecular formula is C20H17F3N2O4. The summed E-state index contributed by atoms with van der Waals surface area (Å²) in [6.07, 6.45) is -5.61. The third-order valence-electron chi connectivity index (χ3n) is 4.41. The van der Waals surface area contributed by atoms with Crippen molar-refractivity contribution in [1.82, 2.24) is 10.3 Å². The Kier molecular flexibility index (Phi) is 5.49. The summed E-state index contributed by atoms with van der Waals surface area (Å²) in [6.45, 7) is -0.268. The van der Waals surface area contributed by atoms with Crippen LogP contribution in [0.3, 0.4) is 0 Å². The minimum Gasteiger partial charge on any atom is -0.467 e. The highest BCUT2D eigenvalue weighted by molar-refractivity contribution is 5.95. The Balaban J connectivity index is 2.01. The second-order valence-electron chi connectivity index (χ2n) is 6.17. The Labute approximate surface area is 163 Å². The number of aromatic nitrogens is 1. The van der Waals surface area contributed by atoms with Crippen molar-refractivity contribution in [2.45, 2.75) is 18.3 Å². The van der Waals surface area contributed by atoms with Crippen LogP contribution in [0.2, 0.25) is 0 Å². The van der Waals surface area contributed by atoms with Crippen LogP contribution in [0, 0.1) is 0 Å². The first-order valence-corrected chi connectivity index (χ1v) is 8.50. The van der Waals surface area contributed by atoms with Crippen molar-refractivity contribution in [3.05, 3.63) is 71.9 Å². The Bertz CT molecular complexity index is 1020. The van der Waals surface area contributed by atoms with Gasteiger partial charge in [-0.05, 0) is 11.6 Å². The number of hydrogen-bond acceptors (Lipinski definition) is 4. The van der Waals surface area contributed by atoms with Gasteiger partial charge in [0.15, 0.2) is 0 Å². The molecule has 0 aliphatic heterocycles. The van der Waals surface area contributed by atoms with E-state index >= 15 is 0 Å². The minimum absolute atomic E-state index is 0.110. The lowest BCUT2D eigenvalue weighted by Gasteiger charge is -2.33. The number of H-pyrrole nitrogens is 1. The van der Waals surface area contributed by atoms with Gasteiger partial charge in [-0.3, -0.25) is 5.32 Å². The van der Waals surface area contributed by atoms with Crippen LogP contribution in [0.5, 0.6) is 0 Å². The number of halogens is 3. The average Bonchev–Trinajstić information content (AvgIpc) is 3.14. The van der Waals surface area contributed by atoms with Crippen LogP contribution >= 0.6 is 0 Å². The lowest BCUT2D eigenvalue weighted by molar-refractivity contribution is -0.213. The fourth-order valence-corrected chi connectivity index (χ4v) is 3.01. The van der Waals surface area contributed by atoms with Gasteiger partial charge in [0, 0.05) is 22.7 Å². The van der Waals surface area contributed by atoms with Crippen molar-refractivity contribution in [3.8, 4) is 0 Å². The molecule has 0 aliphatic carbocycles. The molecule has 1 atom stereocenters. The number of hydrogen-bond donors (Lipinski definition) is 2. The number of aromatic amines is 1. The van der Waals surface area contributed by atoms with Crippen LogP contribution in [0.25, 0.3) is 10.9 Å². The molecule has 0 saturated carbocycles. The van der Waals surface area contributed by atoms with Gasteiger partial charge in [0.25, 0.3) is 5.54 Å². The number of nitrogens with one attached hydrogen (secondary N) is 2. The molecule has 1 heterocycles. The van der Waals surface area contributed by atoms with Gasteiger partial charge in [-0.2, -0.15) is 13.2 Å². The Morgan fingerprint density at radius 3 is 2.34 bits per heavy atom. The van der Waals surface area contributed by atoms with Crippen LogP contribution < -0.4 is 5.32 Å². The number of para-hydroxylation sites is 1. The molecule has 0 bridgehead atoms. The van der Waals surface area contributed by atoms with Gasteiger partial charge >= 0.3 is 18.2 Å². The van der Waals surface area contributed by atoms with E-state index in [2.05, 4.69) is 9.72 Å². The molecular weight excluding hydrogens is 389 g/mol. The summed E-state index contributed by atoms with van der Waals surface area (Å²) in [5, 5.41) is 1.82. The molecule has 9 heteroatoms. The summed E-state index contributed by atoms with van der Waals surface area (Å²) in [4.78, 5) is 27.4. The molecule has 152 valence electrons. The van der Waals surface area contributed by atoms with Crippen LogP contribution in [0.4, 0.5) is 18.0 Å². The van der Waals surface area contributed by atoms with Gasteiger partial charge < -0.3 is 14.5 Å².